The van der Waals surface area contributed by atoms with Crippen molar-refractivity contribution in [2.24, 2.45) is 0 Å². The first-order valence-electron chi connectivity index (χ1n) is 7.82. The Kier molecular flexibility index (Phi) is 4.65. The van der Waals surface area contributed by atoms with Gasteiger partial charge in [0.2, 0.25) is 0 Å². The summed E-state index contributed by atoms with van der Waals surface area (Å²) in [6.07, 6.45) is 2.53. The SMILES string of the molecule is Fc1ccccc1C[NH+]1CCC([NH+]2CCOCC2)CC1. The van der Waals surface area contributed by atoms with Crippen LogP contribution in [0.25, 0.3) is 0 Å². The molecule has 0 aliphatic carbocycles. The highest BCUT2D eigenvalue weighted by Crippen LogP contribution is 2.05. The summed E-state index contributed by atoms with van der Waals surface area (Å²) in [6.45, 7) is 7.32. The van der Waals surface area contributed by atoms with Crippen LogP contribution < -0.4 is 9.80 Å². The molecule has 0 spiro atoms. The predicted octanol–water partition coefficient (Wildman–Crippen LogP) is -0.712. The summed E-state index contributed by atoms with van der Waals surface area (Å²) >= 11 is 0. The van der Waals surface area contributed by atoms with Crippen molar-refractivity contribution in [3.05, 3.63) is 35.6 Å². The molecule has 2 N–H and O–H groups in total. The molecule has 20 heavy (non-hydrogen) atoms. The molecule has 2 fully saturated rings. The van der Waals surface area contributed by atoms with Gasteiger partial charge < -0.3 is 14.5 Å². The molecule has 0 saturated carbocycles. The van der Waals surface area contributed by atoms with Crippen LogP contribution in [0.4, 0.5) is 4.39 Å². The molecular weight excluding hydrogens is 255 g/mol. The third kappa shape index (κ3) is 3.37. The zero-order chi connectivity index (χ0) is 13.8. The third-order valence-corrected chi connectivity index (χ3v) is 4.80. The Morgan fingerprint density at radius 1 is 1.05 bits per heavy atom. The van der Waals surface area contributed by atoms with Crippen LogP contribution in [0.15, 0.2) is 24.3 Å². The summed E-state index contributed by atoms with van der Waals surface area (Å²) in [7, 11) is 0. The van der Waals surface area contributed by atoms with Crippen molar-refractivity contribution in [2.45, 2.75) is 25.4 Å². The van der Waals surface area contributed by atoms with E-state index in [1.54, 1.807) is 17.0 Å². The number of quaternary nitrogens is 2. The van der Waals surface area contributed by atoms with Gasteiger partial charge in [-0.2, -0.15) is 0 Å². The highest BCUT2D eigenvalue weighted by atomic mass is 19.1. The van der Waals surface area contributed by atoms with Crippen LogP contribution in [-0.4, -0.2) is 45.4 Å². The van der Waals surface area contributed by atoms with E-state index < -0.39 is 0 Å². The van der Waals surface area contributed by atoms with Crippen molar-refractivity contribution in [3.8, 4) is 0 Å². The maximum absolute atomic E-state index is 13.7. The zero-order valence-corrected chi connectivity index (χ0v) is 12.0. The van der Waals surface area contributed by atoms with Gasteiger partial charge in [0.25, 0.3) is 0 Å². The molecule has 2 aliphatic rings. The molecule has 2 aliphatic heterocycles. The molecule has 0 atom stereocenters. The normalized spacial score (nSPS) is 28.4. The van der Waals surface area contributed by atoms with E-state index in [9.17, 15) is 4.39 Å². The minimum absolute atomic E-state index is 0.0547. The van der Waals surface area contributed by atoms with E-state index in [1.165, 1.54) is 30.8 Å². The molecule has 110 valence electrons. The average molecular weight is 280 g/mol. The zero-order valence-electron chi connectivity index (χ0n) is 12.0. The summed E-state index contributed by atoms with van der Waals surface area (Å²) in [6, 6.07) is 7.98. The molecular formula is C16H25FN2O+2. The van der Waals surface area contributed by atoms with Crippen molar-refractivity contribution in [1.29, 1.82) is 0 Å². The Labute approximate surface area is 120 Å². The molecule has 2 heterocycles. The first-order valence-corrected chi connectivity index (χ1v) is 7.82. The van der Waals surface area contributed by atoms with Crippen LogP contribution in [0.2, 0.25) is 0 Å². The lowest BCUT2D eigenvalue weighted by Crippen LogP contribution is -3.21. The number of ether oxygens (including phenoxy) is 1. The fourth-order valence-corrected chi connectivity index (χ4v) is 3.56. The smallest absolute Gasteiger partial charge is 0.132 e. The average Bonchev–Trinajstić information content (AvgIpc) is 2.51. The molecule has 1 aromatic carbocycles. The minimum atomic E-state index is -0.0547. The monoisotopic (exact) mass is 280 g/mol. The number of morpholine rings is 1. The molecule has 4 heteroatoms. The van der Waals surface area contributed by atoms with E-state index in [1.807, 2.05) is 12.1 Å². The topological polar surface area (TPSA) is 18.1 Å². The van der Waals surface area contributed by atoms with Crippen molar-refractivity contribution < 1.29 is 18.9 Å². The first kappa shape index (κ1) is 14.0. The van der Waals surface area contributed by atoms with Gasteiger partial charge in [0.15, 0.2) is 0 Å². The Morgan fingerprint density at radius 3 is 2.45 bits per heavy atom. The van der Waals surface area contributed by atoms with Gasteiger partial charge in [0.05, 0.1) is 32.3 Å². The molecule has 3 rings (SSSR count). The van der Waals surface area contributed by atoms with Crippen LogP contribution in [0.1, 0.15) is 18.4 Å². The standard InChI is InChI=1S/C16H23FN2O/c17-16-4-2-1-3-14(16)13-18-7-5-15(6-8-18)19-9-11-20-12-10-19/h1-4,15H,5-13H2/p+2. The number of nitrogens with one attached hydrogen (secondary N) is 2. The van der Waals surface area contributed by atoms with Gasteiger partial charge in [0.1, 0.15) is 25.5 Å². The van der Waals surface area contributed by atoms with Crippen LogP contribution in [0.5, 0.6) is 0 Å². The quantitative estimate of drug-likeness (QED) is 0.748. The maximum atomic E-state index is 13.7. The molecule has 2 saturated heterocycles. The largest absolute Gasteiger partial charge is 0.370 e. The Bertz CT molecular complexity index is 426. The fourth-order valence-electron chi connectivity index (χ4n) is 3.56. The highest BCUT2D eigenvalue weighted by Gasteiger charge is 2.31. The van der Waals surface area contributed by atoms with Crippen LogP contribution in [-0.2, 0) is 11.3 Å². The second kappa shape index (κ2) is 6.66. The molecule has 0 amide bonds. The molecule has 1 aromatic rings. The van der Waals surface area contributed by atoms with E-state index in [2.05, 4.69) is 0 Å². The van der Waals surface area contributed by atoms with E-state index >= 15 is 0 Å². The summed E-state index contributed by atoms with van der Waals surface area (Å²) in [5.74, 6) is -0.0547. The van der Waals surface area contributed by atoms with E-state index in [-0.39, 0.29) is 5.82 Å². The lowest BCUT2D eigenvalue weighted by atomic mass is 10.0. The highest BCUT2D eigenvalue weighted by molar-refractivity contribution is 5.15. The number of halogens is 1. The van der Waals surface area contributed by atoms with E-state index in [0.717, 1.165) is 44.5 Å². The van der Waals surface area contributed by atoms with Crippen molar-refractivity contribution in [1.82, 2.24) is 0 Å². The Morgan fingerprint density at radius 2 is 1.75 bits per heavy atom. The van der Waals surface area contributed by atoms with Crippen LogP contribution in [0.3, 0.4) is 0 Å². The Hall–Kier alpha value is -0.970. The van der Waals surface area contributed by atoms with Gasteiger partial charge in [0, 0.05) is 18.4 Å². The van der Waals surface area contributed by atoms with Crippen molar-refractivity contribution >= 4 is 0 Å². The molecule has 3 nitrogen and oxygen atoms in total. The molecule has 0 unspecified atom stereocenters. The number of hydrogen-bond donors (Lipinski definition) is 2. The summed E-state index contributed by atoms with van der Waals surface area (Å²) in [5.41, 5.74) is 0.861. The van der Waals surface area contributed by atoms with Crippen molar-refractivity contribution in [2.75, 3.05) is 39.4 Å². The van der Waals surface area contributed by atoms with Crippen molar-refractivity contribution in [3.63, 3.8) is 0 Å². The minimum Gasteiger partial charge on any atom is -0.370 e. The van der Waals surface area contributed by atoms with Gasteiger partial charge in [-0.1, -0.05) is 18.2 Å². The van der Waals surface area contributed by atoms with Crippen LogP contribution >= 0.6 is 0 Å². The third-order valence-electron chi connectivity index (χ3n) is 4.80. The second-order valence-electron chi connectivity index (χ2n) is 6.06. The number of likely N-dealkylation sites (tertiary alicyclic amines) is 1. The van der Waals surface area contributed by atoms with Gasteiger partial charge >= 0.3 is 0 Å². The van der Waals surface area contributed by atoms with E-state index in [0.29, 0.717) is 0 Å². The van der Waals surface area contributed by atoms with Gasteiger partial charge in [-0.3, -0.25) is 0 Å². The lowest BCUT2D eigenvalue weighted by Gasteiger charge is -2.36. The van der Waals surface area contributed by atoms with Gasteiger partial charge in [-0.25, -0.2) is 4.39 Å². The lowest BCUT2D eigenvalue weighted by molar-refractivity contribution is -0.967. The second-order valence-corrected chi connectivity index (χ2v) is 6.06. The number of rotatable bonds is 3. The molecule has 0 bridgehead atoms. The fraction of sp³-hybridized carbons (Fsp3) is 0.625. The van der Waals surface area contributed by atoms with Gasteiger partial charge in [-0.05, 0) is 6.07 Å². The predicted molar refractivity (Wildman–Crippen MR) is 75.3 cm³/mol. The number of piperidine rings is 1. The molecule has 0 radical (unpaired) electrons. The Balaban J connectivity index is 1.50. The van der Waals surface area contributed by atoms with Gasteiger partial charge in [-0.15, -0.1) is 0 Å². The maximum Gasteiger partial charge on any atom is 0.132 e. The summed E-state index contributed by atoms with van der Waals surface area (Å²) in [5, 5.41) is 0. The number of hydrogen-bond acceptors (Lipinski definition) is 1. The molecule has 0 aromatic heterocycles. The number of benzene rings is 1. The summed E-state index contributed by atoms with van der Waals surface area (Å²) < 4.78 is 19.1. The first-order chi connectivity index (χ1) is 9.83. The van der Waals surface area contributed by atoms with Crippen LogP contribution in [0, 0.1) is 5.82 Å². The summed E-state index contributed by atoms with van der Waals surface area (Å²) in [4.78, 5) is 3.25. The van der Waals surface area contributed by atoms with E-state index in [4.69, 9.17) is 4.74 Å².